The maximum Gasteiger partial charge on any atom is 0.0225 e. The SMILES string of the molecule is CN.NSc1ccccc1. The number of benzene rings is 1. The molecule has 0 atom stereocenters. The van der Waals surface area contributed by atoms with Crippen molar-refractivity contribution >= 4 is 11.9 Å². The van der Waals surface area contributed by atoms with Crippen molar-refractivity contribution in [1.29, 1.82) is 0 Å². The Morgan fingerprint density at radius 2 is 1.60 bits per heavy atom. The summed E-state index contributed by atoms with van der Waals surface area (Å²) in [5.74, 6) is 0. The van der Waals surface area contributed by atoms with Gasteiger partial charge in [-0.25, -0.2) is 0 Å². The Balaban J connectivity index is 0.000000371. The molecule has 2 nitrogen and oxygen atoms in total. The smallest absolute Gasteiger partial charge is 0.0225 e. The Kier molecular flexibility index (Phi) is 6.27. The van der Waals surface area contributed by atoms with Crippen LogP contribution in [-0.4, -0.2) is 7.05 Å². The zero-order chi connectivity index (χ0) is 7.82. The molecule has 0 spiro atoms. The highest BCUT2D eigenvalue weighted by molar-refractivity contribution is 7.97. The van der Waals surface area contributed by atoms with Crippen LogP contribution in [0, 0.1) is 0 Å². The average molecular weight is 156 g/mol. The molecule has 0 bridgehead atoms. The van der Waals surface area contributed by atoms with Gasteiger partial charge < -0.3 is 5.73 Å². The van der Waals surface area contributed by atoms with Gasteiger partial charge in [-0.2, -0.15) is 0 Å². The Hall–Kier alpha value is -0.510. The van der Waals surface area contributed by atoms with Crippen LogP contribution >= 0.6 is 11.9 Å². The van der Waals surface area contributed by atoms with Crippen LogP contribution < -0.4 is 10.9 Å². The van der Waals surface area contributed by atoms with E-state index in [1.54, 1.807) is 0 Å². The van der Waals surface area contributed by atoms with E-state index in [1.165, 1.54) is 19.0 Å². The highest BCUT2D eigenvalue weighted by Crippen LogP contribution is 2.08. The Morgan fingerprint density at radius 1 is 1.10 bits per heavy atom. The van der Waals surface area contributed by atoms with E-state index < -0.39 is 0 Å². The van der Waals surface area contributed by atoms with E-state index in [9.17, 15) is 0 Å². The summed E-state index contributed by atoms with van der Waals surface area (Å²) in [6.45, 7) is 0. The van der Waals surface area contributed by atoms with Gasteiger partial charge in [-0.3, -0.25) is 5.14 Å². The van der Waals surface area contributed by atoms with Crippen LogP contribution in [0.4, 0.5) is 0 Å². The van der Waals surface area contributed by atoms with E-state index in [0.717, 1.165) is 4.90 Å². The van der Waals surface area contributed by atoms with Gasteiger partial charge in [0.25, 0.3) is 0 Å². The fourth-order valence-electron chi connectivity index (χ4n) is 0.499. The monoisotopic (exact) mass is 156 g/mol. The zero-order valence-electron chi connectivity index (χ0n) is 5.95. The lowest BCUT2D eigenvalue weighted by Crippen LogP contribution is -1.75. The van der Waals surface area contributed by atoms with Gasteiger partial charge in [0.2, 0.25) is 0 Å². The summed E-state index contributed by atoms with van der Waals surface area (Å²) in [7, 11) is 1.50. The van der Waals surface area contributed by atoms with Gasteiger partial charge in [0.15, 0.2) is 0 Å². The van der Waals surface area contributed by atoms with Crippen molar-refractivity contribution in [1.82, 2.24) is 0 Å². The Bertz CT molecular complexity index is 153. The maximum absolute atomic E-state index is 5.27. The lowest BCUT2D eigenvalue weighted by Gasteiger charge is -1.88. The van der Waals surface area contributed by atoms with Gasteiger partial charge in [0.05, 0.1) is 0 Å². The molecule has 0 saturated carbocycles. The van der Waals surface area contributed by atoms with Crippen molar-refractivity contribution in [3.8, 4) is 0 Å². The second-order valence-electron chi connectivity index (χ2n) is 1.43. The summed E-state index contributed by atoms with van der Waals surface area (Å²) in [5.41, 5.74) is 4.50. The molecule has 0 aromatic heterocycles. The minimum Gasteiger partial charge on any atom is -0.333 e. The molecule has 4 N–H and O–H groups in total. The third-order valence-corrected chi connectivity index (χ3v) is 1.42. The van der Waals surface area contributed by atoms with Gasteiger partial charge in [-0.15, -0.1) is 0 Å². The molecule has 0 amide bonds. The molecule has 1 rings (SSSR count). The fourth-order valence-corrected chi connectivity index (χ4v) is 0.813. The normalized spacial score (nSPS) is 7.90. The minimum absolute atomic E-state index is 1.10. The van der Waals surface area contributed by atoms with Crippen molar-refractivity contribution in [3.05, 3.63) is 30.3 Å². The van der Waals surface area contributed by atoms with Gasteiger partial charge in [-0.1, -0.05) is 18.2 Å². The van der Waals surface area contributed by atoms with Gasteiger partial charge in [0.1, 0.15) is 0 Å². The Labute approximate surface area is 65.7 Å². The summed E-state index contributed by atoms with van der Waals surface area (Å²) < 4.78 is 0. The first-order valence-corrected chi connectivity index (χ1v) is 3.81. The van der Waals surface area contributed by atoms with E-state index in [2.05, 4.69) is 5.73 Å². The lowest BCUT2D eigenvalue weighted by molar-refractivity contribution is 1.46. The summed E-state index contributed by atoms with van der Waals surface area (Å²) in [6.07, 6.45) is 0. The van der Waals surface area contributed by atoms with Gasteiger partial charge >= 0.3 is 0 Å². The second-order valence-corrected chi connectivity index (χ2v) is 2.14. The first-order chi connectivity index (χ1) is 4.93. The maximum atomic E-state index is 5.27. The lowest BCUT2D eigenvalue weighted by atomic mass is 10.4. The molecule has 0 radical (unpaired) electrons. The molecule has 0 aliphatic rings. The quantitative estimate of drug-likeness (QED) is 0.601. The van der Waals surface area contributed by atoms with E-state index in [-0.39, 0.29) is 0 Å². The summed E-state index contributed by atoms with van der Waals surface area (Å²) in [4.78, 5) is 1.10. The highest BCUT2D eigenvalue weighted by atomic mass is 32.2. The molecule has 0 heterocycles. The van der Waals surface area contributed by atoms with E-state index >= 15 is 0 Å². The van der Waals surface area contributed by atoms with E-state index in [1.807, 2.05) is 30.3 Å². The molecule has 0 aliphatic heterocycles. The molecule has 0 aliphatic carbocycles. The highest BCUT2D eigenvalue weighted by Gasteiger charge is 1.81. The number of rotatable bonds is 1. The first-order valence-electron chi connectivity index (χ1n) is 2.93. The third-order valence-electron chi connectivity index (χ3n) is 0.879. The number of hydrogen-bond acceptors (Lipinski definition) is 3. The van der Waals surface area contributed by atoms with Crippen LogP contribution in [-0.2, 0) is 0 Å². The predicted molar refractivity (Wildman–Crippen MR) is 46.6 cm³/mol. The second kappa shape index (κ2) is 6.61. The van der Waals surface area contributed by atoms with Crippen LogP contribution in [0.3, 0.4) is 0 Å². The standard InChI is InChI=1S/C6H7NS.CH5N/c7-8-6-4-2-1-3-5-6;1-2/h1-5H,7H2;2H2,1H3. The Morgan fingerprint density at radius 3 is 1.90 bits per heavy atom. The largest absolute Gasteiger partial charge is 0.333 e. The molecule has 56 valence electrons. The summed E-state index contributed by atoms with van der Waals surface area (Å²) in [6, 6.07) is 9.86. The number of hydrogen-bond donors (Lipinski definition) is 2. The van der Waals surface area contributed by atoms with Gasteiger partial charge in [-0.05, 0) is 31.1 Å². The van der Waals surface area contributed by atoms with Gasteiger partial charge in [0, 0.05) is 4.90 Å². The van der Waals surface area contributed by atoms with Crippen LogP contribution in [0.5, 0.6) is 0 Å². The third kappa shape index (κ3) is 3.50. The minimum atomic E-state index is 1.10. The molecule has 1 aromatic carbocycles. The summed E-state index contributed by atoms with van der Waals surface area (Å²) in [5, 5.41) is 5.27. The van der Waals surface area contributed by atoms with E-state index in [4.69, 9.17) is 5.14 Å². The molecular weight excluding hydrogens is 144 g/mol. The average Bonchev–Trinajstić information content (AvgIpc) is 2.10. The van der Waals surface area contributed by atoms with Crippen molar-refractivity contribution in [2.75, 3.05) is 7.05 Å². The molecule has 1 aromatic rings. The predicted octanol–water partition coefficient (Wildman–Crippen LogP) is 1.23. The summed E-state index contributed by atoms with van der Waals surface area (Å²) >= 11 is 1.27. The molecular formula is C7H12N2S. The number of nitrogens with two attached hydrogens (primary N) is 2. The van der Waals surface area contributed by atoms with Crippen LogP contribution in [0.25, 0.3) is 0 Å². The first kappa shape index (κ1) is 9.49. The van der Waals surface area contributed by atoms with Crippen LogP contribution in [0.1, 0.15) is 0 Å². The van der Waals surface area contributed by atoms with Crippen molar-refractivity contribution < 1.29 is 0 Å². The van der Waals surface area contributed by atoms with Crippen molar-refractivity contribution in [2.45, 2.75) is 4.90 Å². The van der Waals surface area contributed by atoms with Crippen molar-refractivity contribution in [3.63, 3.8) is 0 Å². The molecule has 0 fully saturated rings. The van der Waals surface area contributed by atoms with Crippen LogP contribution in [0.2, 0.25) is 0 Å². The zero-order valence-corrected chi connectivity index (χ0v) is 6.77. The van der Waals surface area contributed by atoms with Crippen LogP contribution in [0.15, 0.2) is 35.2 Å². The molecule has 3 heteroatoms. The molecule has 10 heavy (non-hydrogen) atoms. The van der Waals surface area contributed by atoms with E-state index in [0.29, 0.717) is 0 Å². The van der Waals surface area contributed by atoms with Crippen molar-refractivity contribution in [2.24, 2.45) is 10.9 Å². The molecule has 0 saturated heterocycles. The topological polar surface area (TPSA) is 52.0 Å². The fraction of sp³-hybridized carbons (Fsp3) is 0.143. The molecule has 0 unspecified atom stereocenters.